The van der Waals surface area contributed by atoms with Gasteiger partial charge in [0.15, 0.2) is 0 Å². The average molecular weight is 181 g/mol. The molecule has 0 heterocycles. The van der Waals surface area contributed by atoms with Crippen LogP contribution in [0.3, 0.4) is 0 Å². The number of hydrogen-bond donors (Lipinski definition) is 1. The van der Waals surface area contributed by atoms with Gasteiger partial charge in [0.05, 0.1) is 0 Å². The van der Waals surface area contributed by atoms with Crippen LogP contribution in [0.25, 0.3) is 0 Å². The van der Waals surface area contributed by atoms with Crippen LogP contribution in [0.15, 0.2) is 0 Å². The van der Waals surface area contributed by atoms with E-state index >= 15 is 0 Å². The zero-order valence-electron chi connectivity index (χ0n) is 9.91. The molecule has 0 amide bonds. The zero-order valence-corrected chi connectivity index (χ0v) is 9.91. The van der Waals surface area contributed by atoms with Gasteiger partial charge in [0.2, 0.25) is 0 Å². The number of rotatable bonds is 2. The van der Waals surface area contributed by atoms with E-state index in [1.807, 2.05) is 0 Å². The van der Waals surface area contributed by atoms with E-state index in [0.29, 0.717) is 0 Å². The van der Waals surface area contributed by atoms with Crippen molar-refractivity contribution >= 4 is 0 Å². The van der Waals surface area contributed by atoms with Crippen LogP contribution in [0, 0.1) is 17.3 Å². The van der Waals surface area contributed by atoms with Crippen molar-refractivity contribution in [2.75, 3.05) is 6.54 Å². The quantitative estimate of drug-likeness (QED) is 0.510. The fraction of sp³-hybridized carbons (Fsp3) is 0.833. The van der Waals surface area contributed by atoms with Crippen molar-refractivity contribution < 1.29 is 0 Å². The fourth-order valence-electron chi connectivity index (χ4n) is 0.828. The minimum Gasteiger partial charge on any atom is -0.311 e. The molecule has 0 aliphatic carbocycles. The summed E-state index contributed by atoms with van der Waals surface area (Å²) in [5.74, 6) is 6.40. The smallest absolute Gasteiger partial charge is 0.0230 e. The second-order valence-electron chi connectivity index (χ2n) is 5.48. The zero-order chi connectivity index (χ0) is 10.5. The first-order chi connectivity index (χ1) is 5.71. The third-order valence-electron chi connectivity index (χ3n) is 1.37. The molecule has 13 heavy (non-hydrogen) atoms. The van der Waals surface area contributed by atoms with Gasteiger partial charge in [0.1, 0.15) is 0 Å². The largest absolute Gasteiger partial charge is 0.311 e. The highest BCUT2D eigenvalue weighted by Gasteiger charge is 2.06. The highest BCUT2D eigenvalue weighted by molar-refractivity contribution is 5.07. The molecule has 0 aromatic carbocycles. The summed E-state index contributed by atoms with van der Waals surface area (Å²) in [4.78, 5) is 0. The highest BCUT2D eigenvalue weighted by atomic mass is 14.9. The van der Waals surface area contributed by atoms with Crippen molar-refractivity contribution in [1.29, 1.82) is 0 Å². The Balaban J connectivity index is 3.62. The Morgan fingerprint density at radius 3 is 1.92 bits per heavy atom. The maximum atomic E-state index is 3.41. The first kappa shape index (κ1) is 12.5. The Morgan fingerprint density at radius 2 is 1.54 bits per heavy atom. The molecule has 0 saturated carbocycles. The van der Waals surface area contributed by atoms with Crippen molar-refractivity contribution in [1.82, 2.24) is 5.32 Å². The lowest BCUT2D eigenvalue weighted by atomic mass is 9.98. The van der Waals surface area contributed by atoms with Crippen LogP contribution in [-0.2, 0) is 0 Å². The molecular formula is C12H23N. The monoisotopic (exact) mass is 181 g/mol. The maximum absolute atomic E-state index is 3.41. The van der Waals surface area contributed by atoms with Gasteiger partial charge in [-0.15, -0.1) is 5.92 Å². The van der Waals surface area contributed by atoms with Gasteiger partial charge in [-0.2, -0.15) is 0 Å². The topological polar surface area (TPSA) is 12.0 Å². The lowest BCUT2D eigenvalue weighted by Crippen LogP contribution is -2.36. The third kappa shape index (κ3) is 11.5. The molecule has 0 spiro atoms. The number of hydrogen-bond acceptors (Lipinski definition) is 1. The Hall–Kier alpha value is -0.480. The molecular weight excluding hydrogens is 158 g/mol. The summed E-state index contributed by atoms with van der Waals surface area (Å²) >= 11 is 0. The second-order valence-corrected chi connectivity index (χ2v) is 5.48. The van der Waals surface area contributed by atoms with E-state index in [4.69, 9.17) is 0 Å². The molecule has 0 fully saturated rings. The summed E-state index contributed by atoms with van der Waals surface area (Å²) < 4.78 is 0. The molecule has 0 bridgehead atoms. The normalized spacial score (nSPS) is 12.2. The lowest BCUT2D eigenvalue weighted by molar-refractivity contribution is 0.432. The highest BCUT2D eigenvalue weighted by Crippen LogP contribution is 2.09. The molecule has 76 valence electrons. The van der Waals surface area contributed by atoms with Crippen molar-refractivity contribution in [3.63, 3.8) is 0 Å². The Bertz CT molecular complexity index is 192. The second kappa shape index (κ2) is 4.67. The summed E-state index contributed by atoms with van der Waals surface area (Å²) in [5, 5.41) is 3.41. The molecule has 0 rings (SSSR count). The van der Waals surface area contributed by atoms with Crippen LogP contribution in [0.5, 0.6) is 0 Å². The summed E-state index contributed by atoms with van der Waals surface area (Å²) in [5.41, 5.74) is 0.352. The molecule has 0 aromatic rings. The van der Waals surface area contributed by atoms with Gasteiger partial charge in [-0.25, -0.2) is 0 Å². The first-order valence-corrected chi connectivity index (χ1v) is 4.96. The standard InChI is InChI=1S/C12H23N/c1-11(2,3)9-7-8-10-13-12(4,5)6/h13H,8,10H2,1-6H3. The van der Waals surface area contributed by atoms with Gasteiger partial charge >= 0.3 is 0 Å². The van der Waals surface area contributed by atoms with Crippen LogP contribution < -0.4 is 5.32 Å². The Kier molecular flexibility index (Phi) is 4.50. The minimum absolute atomic E-state index is 0.141. The Morgan fingerprint density at radius 1 is 1.00 bits per heavy atom. The van der Waals surface area contributed by atoms with Crippen LogP contribution in [0.1, 0.15) is 48.0 Å². The average Bonchev–Trinajstić information content (AvgIpc) is 1.81. The van der Waals surface area contributed by atoms with Gasteiger partial charge in [0.25, 0.3) is 0 Å². The molecule has 1 heteroatoms. The van der Waals surface area contributed by atoms with Gasteiger partial charge in [0, 0.05) is 23.9 Å². The van der Waals surface area contributed by atoms with Gasteiger partial charge < -0.3 is 5.32 Å². The molecule has 1 nitrogen and oxygen atoms in total. The molecule has 0 unspecified atom stereocenters. The van der Waals surface area contributed by atoms with Crippen LogP contribution >= 0.6 is 0 Å². The fourth-order valence-corrected chi connectivity index (χ4v) is 0.828. The summed E-state index contributed by atoms with van der Waals surface area (Å²) in [7, 11) is 0. The van der Waals surface area contributed by atoms with Crippen LogP contribution in [-0.4, -0.2) is 12.1 Å². The predicted octanol–water partition coefficient (Wildman–Crippen LogP) is 2.81. The summed E-state index contributed by atoms with van der Waals surface area (Å²) in [6.07, 6.45) is 0.939. The van der Waals surface area contributed by atoms with Crippen molar-refractivity contribution in [3.8, 4) is 11.8 Å². The van der Waals surface area contributed by atoms with E-state index in [0.717, 1.165) is 13.0 Å². The Labute approximate surface area is 83.3 Å². The maximum Gasteiger partial charge on any atom is 0.0230 e. The lowest BCUT2D eigenvalue weighted by Gasteiger charge is -2.19. The third-order valence-corrected chi connectivity index (χ3v) is 1.37. The van der Waals surface area contributed by atoms with Crippen molar-refractivity contribution in [2.24, 2.45) is 5.41 Å². The number of nitrogens with one attached hydrogen (secondary N) is 1. The van der Waals surface area contributed by atoms with E-state index in [2.05, 4.69) is 58.7 Å². The summed E-state index contributed by atoms with van der Waals surface area (Å²) in [6, 6.07) is 0. The van der Waals surface area contributed by atoms with Gasteiger partial charge in [-0.1, -0.05) is 5.92 Å². The predicted molar refractivity (Wildman–Crippen MR) is 59.6 cm³/mol. The molecule has 0 aromatic heterocycles. The van der Waals surface area contributed by atoms with E-state index in [1.165, 1.54) is 0 Å². The molecule has 1 N–H and O–H groups in total. The van der Waals surface area contributed by atoms with E-state index in [-0.39, 0.29) is 11.0 Å². The van der Waals surface area contributed by atoms with E-state index in [1.54, 1.807) is 0 Å². The van der Waals surface area contributed by atoms with Gasteiger partial charge in [-0.05, 0) is 41.5 Å². The molecule has 0 aliphatic rings. The van der Waals surface area contributed by atoms with E-state index < -0.39 is 0 Å². The van der Waals surface area contributed by atoms with Crippen molar-refractivity contribution in [3.05, 3.63) is 0 Å². The van der Waals surface area contributed by atoms with Crippen LogP contribution in [0.4, 0.5) is 0 Å². The first-order valence-electron chi connectivity index (χ1n) is 4.96. The summed E-state index contributed by atoms with van der Waals surface area (Å²) in [6.45, 7) is 13.9. The SMILES string of the molecule is CC(C)(C)C#CCCNC(C)(C)C. The molecule has 0 atom stereocenters. The van der Waals surface area contributed by atoms with Gasteiger partial charge in [-0.3, -0.25) is 0 Å². The van der Waals surface area contributed by atoms with Crippen LogP contribution in [0.2, 0.25) is 0 Å². The molecule has 0 radical (unpaired) electrons. The van der Waals surface area contributed by atoms with E-state index in [9.17, 15) is 0 Å². The molecule has 0 aliphatic heterocycles. The molecule has 0 saturated heterocycles. The van der Waals surface area contributed by atoms with Crippen molar-refractivity contribution in [2.45, 2.75) is 53.5 Å². The minimum atomic E-state index is 0.141.